The minimum absolute atomic E-state index is 0.00928. The Hall–Kier alpha value is -3.00. The molecule has 2 aromatic rings. The predicted molar refractivity (Wildman–Crippen MR) is 109 cm³/mol. The van der Waals surface area contributed by atoms with Gasteiger partial charge in [0.25, 0.3) is 5.91 Å². The fraction of sp³-hybridized carbons (Fsp3) is 0.158. The Morgan fingerprint density at radius 2 is 1.52 bits per heavy atom. The Labute approximate surface area is 165 Å². The van der Waals surface area contributed by atoms with Gasteiger partial charge in [-0.3, -0.25) is 14.4 Å². The molecule has 0 atom stereocenters. The highest BCUT2D eigenvalue weighted by atomic mass is 79.9. The van der Waals surface area contributed by atoms with Crippen LogP contribution in [0.5, 0.6) is 0 Å². The van der Waals surface area contributed by atoms with E-state index in [-0.39, 0.29) is 24.1 Å². The molecule has 0 bridgehead atoms. The van der Waals surface area contributed by atoms with E-state index >= 15 is 0 Å². The largest absolute Gasteiger partial charge is 0.325 e. The van der Waals surface area contributed by atoms with E-state index in [9.17, 15) is 14.4 Å². The first-order valence-corrected chi connectivity index (χ1v) is 8.90. The molecule has 0 spiro atoms. The molecule has 0 saturated carbocycles. The number of rotatable bonds is 6. The quantitative estimate of drug-likeness (QED) is 0.482. The van der Waals surface area contributed by atoms with Gasteiger partial charge in [-0.25, -0.2) is 5.43 Å². The molecular weight excluding hydrogens is 412 g/mol. The number of hydrazone groups is 1. The molecule has 7 nitrogen and oxygen atoms in total. The normalized spacial score (nSPS) is 10.9. The van der Waals surface area contributed by atoms with Crippen LogP contribution in [0.25, 0.3) is 0 Å². The minimum Gasteiger partial charge on any atom is -0.325 e. The van der Waals surface area contributed by atoms with Crippen LogP contribution in [0.15, 0.2) is 58.1 Å². The molecular formula is C19H19BrN4O3. The molecule has 0 aliphatic carbocycles. The van der Waals surface area contributed by atoms with Crippen molar-refractivity contribution in [2.24, 2.45) is 5.10 Å². The Morgan fingerprint density at radius 3 is 2.15 bits per heavy atom. The zero-order valence-electron chi connectivity index (χ0n) is 14.9. The lowest BCUT2D eigenvalue weighted by molar-refractivity contribution is -0.115. The van der Waals surface area contributed by atoms with E-state index < -0.39 is 0 Å². The van der Waals surface area contributed by atoms with Crippen molar-refractivity contribution in [2.45, 2.75) is 20.3 Å². The van der Waals surface area contributed by atoms with Gasteiger partial charge in [-0.05, 0) is 47.1 Å². The number of carbonyl (C=O) groups excluding carboxylic acids is 3. The summed E-state index contributed by atoms with van der Waals surface area (Å²) in [5, 5.41) is 9.33. The summed E-state index contributed by atoms with van der Waals surface area (Å²) in [7, 11) is 0. The number of nitrogens with one attached hydrogen (secondary N) is 3. The molecule has 2 rings (SSSR count). The molecule has 0 fully saturated rings. The molecule has 140 valence electrons. The maximum atomic E-state index is 12.2. The lowest BCUT2D eigenvalue weighted by atomic mass is 10.2. The Balaban J connectivity index is 1.96. The van der Waals surface area contributed by atoms with Crippen LogP contribution in [0.4, 0.5) is 11.4 Å². The molecule has 0 saturated heterocycles. The van der Waals surface area contributed by atoms with Crippen molar-refractivity contribution < 1.29 is 14.4 Å². The predicted octanol–water partition coefficient (Wildman–Crippen LogP) is 3.54. The van der Waals surface area contributed by atoms with Crippen molar-refractivity contribution in [3.63, 3.8) is 0 Å². The second-order valence-corrected chi connectivity index (χ2v) is 6.57. The average Bonchev–Trinajstić information content (AvgIpc) is 2.61. The number of hydrogen-bond donors (Lipinski definition) is 3. The van der Waals surface area contributed by atoms with Crippen LogP contribution in [0.1, 0.15) is 30.6 Å². The number of carbonyl (C=O) groups is 3. The van der Waals surface area contributed by atoms with Crippen LogP contribution in [0.3, 0.4) is 0 Å². The maximum Gasteiger partial charge on any atom is 0.272 e. The molecule has 3 N–H and O–H groups in total. The standard InChI is InChI=1S/C19H19BrN4O3/c1-12(23-24-19(27)14-7-3-4-8-15(14)20)11-18(26)22-17-10-6-5-9-16(17)21-13(2)25/h3-10H,11H2,1-2H3,(H,21,25)(H,22,26)(H,24,27). The topological polar surface area (TPSA) is 99.7 Å². The molecule has 0 aliphatic rings. The van der Waals surface area contributed by atoms with Gasteiger partial charge in [0.15, 0.2) is 0 Å². The van der Waals surface area contributed by atoms with E-state index in [4.69, 9.17) is 0 Å². The number of benzene rings is 2. The van der Waals surface area contributed by atoms with Gasteiger partial charge in [0.2, 0.25) is 11.8 Å². The molecule has 27 heavy (non-hydrogen) atoms. The highest BCUT2D eigenvalue weighted by molar-refractivity contribution is 9.10. The molecule has 0 heterocycles. The SMILES string of the molecule is CC(=O)Nc1ccccc1NC(=O)CC(C)=NNC(=O)c1ccccc1Br. The van der Waals surface area contributed by atoms with E-state index in [1.54, 1.807) is 55.5 Å². The van der Waals surface area contributed by atoms with Crippen LogP contribution in [0.2, 0.25) is 0 Å². The molecule has 8 heteroatoms. The first-order chi connectivity index (χ1) is 12.9. The first-order valence-electron chi connectivity index (χ1n) is 8.11. The van der Waals surface area contributed by atoms with E-state index in [0.717, 1.165) is 0 Å². The second kappa shape index (κ2) is 9.63. The molecule has 2 aromatic carbocycles. The van der Waals surface area contributed by atoms with Crippen molar-refractivity contribution in [1.29, 1.82) is 0 Å². The third-order valence-corrected chi connectivity index (χ3v) is 4.09. The van der Waals surface area contributed by atoms with Crippen LogP contribution in [-0.2, 0) is 9.59 Å². The third-order valence-electron chi connectivity index (χ3n) is 3.40. The number of anilines is 2. The van der Waals surface area contributed by atoms with Crippen LogP contribution in [-0.4, -0.2) is 23.4 Å². The number of amides is 3. The van der Waals surface area contributed by atoms with E-state index in [1.807, 2.05) is 0 Å². The zero-order valence-corrected chi connectivity index (χ0v) is 16.5. The van der Waals surface area contributed by atoms with Gasteiger partial charge >= 0.3 is 0 Å². The van der Waals surface area contributed by atoms with Gasteiger partial charge in [0.1, 0.15) is 0 Å². The highest BCUT2D eigenvalue weighted by Gasteiger charge is 2.11. The fourth-order valence-electron chi connectivity index (χ4n) is 2.21. The highest BCUT2D eigenvalue weighted by Crippen LogP contribution is 2.21. The van der Waals surface area contributed by atoms with Gasteiger partial charge in [0.05, 0.1) is 23.4 Å². The summed E-state index contributed by atoms with van der Waals surface area (Å²) in [5.41, 5.74) is 4.31. The Morgan fingerprint density at radius 1 is 0.926 bits per heavy atom. The van der Waals surface area contributed by atoms with Gasteiger partial charge < -0.3 is 10.6 Å². The number of halogens is 1. The van der Waals surface area contributed by atoms with Crippen molar-refractivity contribution >= 4 is 50.7 Å². The van der Waals surface area contributed by atoms with Gasteiger partial charge in [-0.1, -0.05) is 24.3 Å². The molecule has 0 radical (unpaired) electrons. The van der Waals surface area contributed by atoms with Crippen molar-refractivity contribution in [2.75, 3.05) is 10.6 Å². The van der Waals surface area contributed by atoms with Gasteiger partial charge in [-0.15, -0.1) is 0 Å². The lowest BCUT2D eigenvalue weighted by Gasteiger charge is -2.11. The second-order valence-electron chi connectivity index (χ2n) is 5.72. The first kappa shape index (κ1) is 20.3. The zero-order chi connectivity index (χ0) is 19.8. The van der Waals surface area contributed by atoms with Crippen molar-refractivity contribution in [1.82, 2.24) is 5.43 Å². The Bertz CT molecular complexity index is 896. The fourth-order valence-corrected chi connectivity index (χ4v) is 2.67. The van der Waals surface area contributed by atoms with E-state index in [2.05, 4.69) is 37.1 Å². The van der Waals surface area contributed by atoms with Gasteiger partial charge in [-0.2, -0.15) is 5.10 Å². The summed E-state index contributed by atoms with van der Waals surface area (Å²) in [6.45, 7) is 3.03. The van der Waals surface area contributed by atoms with E-state index in [0.29, 0.717) is 27.1 Å². The van der Waals surface area contributed by atoms with Gasteiger partial charge in [0, 0.05) is 17.1 Å². The summed E-state index contributed by atoms with van der Waals surface area (Å²) in [6, 6.07) is 13.8. The van der Waals surface area contributed by atoms with Crippen molar-refractivity contribution in [3.05, 3.63) is 58.6 Å². The third kappa shape index (κ3) is 6.34. The van der Waals surface area contributed by atoms with Crippen molar-refractivity contribution in [3.8, 4) is 0 Å². The minimum atomic E-state index is -0.377. The maximum absolute atomic E-state index is 12.2. The number of nitrogens with zero attached hydrogens (tertiary/aromatic N) is 1. The summed E-state index contributed by atoms with van der Waals surface area (Å²) in [6.07, 6.45) is -0.00928. The van der Waals surface area contributed by atoms with Crippen LogP contribution < -0.4 is 16.1 Å². The lowest BCUT2D eigenvalue weighted by Crippen LogP contribution is -2.22. The smallest absolute Gasteiger partial charge is 0.272 e. The molecule has 3 amide bonds. The number of para-hydroxylation sites is 2. The Kier molecular flexibility index (Phi) is 7.25. The number of hydrogen-bond acceptors (Lipinski definition) is 4. The average molecular weight is 431 g/mol. The molecule has 0 aromatic heterocycles. The van der Waals surface area contributed by atoms with E-state index in [1.165, 1.54) is 6.92 Å². The summed E-state index contributed by atoms with van der Waals surface area (Å²) in [4.78, 5) is 35.5. The summed E-state index contributed by atoms with van der Waals surface area (Å²) < 4.78 is 0.655. The monoisotopic (exact) mass is 430 g/mol. The molecule has 0 aliphatic heterocycles. The van der Waals surface area contributed by atoms with Crippen LogP contribution >= 0.6 is 15.9 Å². The summed E-state index contributed by atoms with van der Waals surface area (Å²) in [5.74, 6) is -0.924. The molecule has 0 unspecified atom stereocenters. The summed E-state index contributed by atoms with van der Waals surface area (Å²) >= 11 is 3.30. The van der Waals surface area contributed by atoms with Crippen LogP contribution in [0, 0.1) is 0 Å².